The largest absolute Gasteiger partial charge is 0.382 e. The zero-order valence-electron chi connectivity index (χ0n) is 20.2. The molecule has 170 valence electrons. The van der Waals surface area contributed by atoms with Gasteiger partial charge in [0.05, 0.1) is 6.67 Å². The van der Waals surface area contributed by atoms with Crippen LogP contribution in [0.15, 0.2) is 30.1 Å². The van der Waals surface area contributed by atoms with Gasteiger partial charge in [0, 0.05) is 13.6 Å². The molecule has 2 saturated carbocycles. The van der Waals surface area contributed by atoms with E-state index in [2.05, 4.69) is 67.2 Å². The highest BCUT2D eigenvalue weighted by Gasteiger charge is 2.52. The summed E-state index contributed by atoms with van der Waals surface area (Å²) < 4.78 is 0. The molecule has 1 aromatic heterocycles. The van der Waals surface area contributed by atoms with E-state index in [1.165, 1.54) is 49.7 Å². The zero-order chi connectivity index (χ0) is 22.4. The van der Waals surface area contributed by atoms with Gasteiger partial charge in [-0.2, -0.15) is 0 Å². The Morgan fingerprint density at radius 1 is 1.29 bits per heavy atom. The van der Waals surface area contributed by atoms with Crippen LogP contribution in [0.25, 0.3) is 0 Å². The van der Waals surface area contributed by atoms with Crippen LogP contribution < -0.4 is 15.5 Å². The molecular formula is C26H41N5. The van der Waals surface area contributed by atoms with E-state index in [9.17, 15) is 0 Å². The van der Waals surface area contributed by atoms with E-state index in [0.717, 1.165) is 37.1 Å². The minimum Gasteiger partial charge on any atom is -0.382 e. The lowest BCUT2D eigenvalue weighted by Gasteiger charge is -2.58. The van der Waals surface area contributed by atoms with E-state index in [-0.39, 0.29) is 0 Å². The fourth-order valence-corrected chi connectivity index (χ4v) is 7.06. The predicted octanol–water partition coefficient (Wildman–Crippen LogP) is 5.80. The Bertz CT molecular complexity index is 873. The van der Waals surface area contributed by atoms with Crippen LogP contribution in [0.1, 0.15) is 72.6 Å². The Labute approximate surface area is 188 Å². The van der Waals surface area contributed by atoms with E-state index < -0.39 is 0 Å². The fraction of sp³-hybridized carbons (Fsp3) is 0.692. The highest BCUT2D eigenvalue weighted by atomic mass is 15.4. The number of anilines is 3. The van der Waals surface area contributed by atoms with Gasteiger partial charge in [0.15, 0.2) is 11.6 Å². The smallest absolute Gasteiger partial charge is 0.159 e. The van der Waals surface area contributed by atoms with Crippen molar-refractivity contribution in [3.05, 3.63) is 30.1 Å². The van der Waals surface area contributed by atoms with Crippen molar-refractivity contribution in [3.8, 4) is 0 Å². The maximum absolute atomic E-state index is 6.15. The molecule has 4 rings (SSSR count). The van der Waals surface area contributed by atoms with Gasteiger partial charge < -0.3 is 15.5 Å². The van der Waals surface area contributed by atoms with Crippen LogP contribution in [-0.4, -0.2) is 30.2 Å². The van der Waals surface area contributed by atoms with E-state index in [1.807, 2.05) is 0 Å². The van der Waals surface area contributed by atoms with Gasteiger partial charge >= 0.3 is 0 Å². The van der Waals surface area contributed by atoms with Crippen molar-refractivity contribution in [2.24, 2.45) is 22.7 Å². The first-order chi connectivity index (χ1) is 14.6. The third-order valence-corrected chi connectivity index (χ3v) is 8.70. The predicted molar refractivity (Wildman–Crippen MR) is 131 cm³/mol. The molecule has 0 bridgehead atoms. The molecule has 0 amide bonds. The number of hydrogen-bond acceptors (Lipinski definition) is 5. The van der Waals surface area contributed by atoms with Crippen molar-refractivity contribution in [1.82, 2.24) is 9.97 Å². The molecule has 0 unspecified atom stereocenters. The van der Waals surface area contributed by atoms with Crippen molar-refractivity contribution in [1.29, 1.82) is 0 Å². The van der Waals surface area contributed by atoms with Crippen LogP contribution >= 0.6 is 0 Å². The van der Waals surface area contributed by atoms with Crippen molar-refractivity contribution in [2.45, 2.75) is 72.6 Å². The molecular weight excluding hydrogens is 382 g/mol. The van der Waals surface area contributed by atoms with Crippen LogP contribution in [0.5, 0.6) is 0 Å². The molecule has 3 atom stereocenters. The van der Waals surface area contributed by atoms with Gasteiger partial charge in [-0.25, -0.2) is 9.97 Å². The van der Waals surface area contributed by atoms with Crippen LogP contribution in [0.2, 0.25) is 0 Å². The molecule has 5 nitrogen and oxygen atoms in total. The lowest BCUT2D eigenvalue weighted by molar-refractivity contribution is -0.0539. The van der Waals surface area contributed by atoms with Crippen molar-refractivity contribution < 1.29 is 0 Å². The van der Waals surface area contributed by atoms with Crippen molar-refractivity contribution in [2.75, 3.05) is 35.8 Å². The lowest BCUT2D eigenvalue weighted by Crippen LogP contribution is -2.49. The highest BCUT2D eigenvalue weighted by molar-refractivity contribution is 5.81. The van der Waals surface area contributed by atoms with Gasteiger partial charge in [0.25, 0.3) is 0 Å². The normalized spacial score (nSPS) is 30.4. The summed E-state index contributed by atoms with van der Waals surface area (Å²) in [5.41, 5.74) is 11.0. The first kappa shape index (κ1) is 22.2. The number of allylic oxidation sites excluding steroid dienone is 2. The third-order valence-electron chi connectivity index (χ3n) is 8.70. The molecule has 2 fully saturated rings. The van der Waals surface area contributed by atoms with E-state index in [4.69, 9.17) is 5.73 Å². The SMILES string of the molecule is C=C1CC[C@@H]2C(C)(C)CCC[C@]2(C)[C@H]1CC/C(C)=C/CN1CN(C)c2ncnc(N)c21. The fourth-order valence-electron chi connectivity index (χ4n) is 7.06. The molecule has 1 aromatic rings. The first-order valence-corrected chi connectivity index (χ1v) is 12.0. The Morgan fingerprint density at radius 2 is 2.06 bits per heavy atom. The van der Waals surface area contributed by atoms with Gasteiger partial charge in [0.1, 0.15) is 12.0 Å². The Kier molecular flexibility index (Phi) is 5.82. The maximum Gasteiger partial charge on any atom is 0.159 e. The van der Waals surface area contributed by atoms with Gasteiger partial charge in [-0.3, -0.25) is 0 Å². The van der Waals surface area contributed by atoms with E-state index >= 15 is 0 Å². The molecule has 0 saturated heterocycles. The summed E-state index contributed by atoms with van der Waals surface area (Å²) in [5.74, 6) is 2.97. The van der Waals surface area contributed by atoms with Crippen molar-refractivity contribution in [3.63, 3.8) is 0 Å². The van der Waals surface area contributed by atoms with E-state index in [1.54, 1.807) is 6.33 Å². The summed E-state index contributed by atoms with van der Waals surface area (Å²) >= 11 is 0. The number of nitrogen functional groups attached to an aromatic ring is 1. The quantitative estimate of drug-likeness (QED) is 0.607. The number of hydrogen-bond donors (Lipinski definition) is 1. The molecule has 0 aromatic carbocycles. The van der Waals surface area contributed by atoms with E-state index in [0.29, 0.717) is 22.6 Å². The molecule has 5 heteroatoms. The van der Waals surface area contributed by atoms with Crippen molar-refractivity contribution >= 4 is 17.3 Å². The zero-order valence-corrected chi connectivity index (χ0v) is 20.2. The molecule has 2 heterocycles. The maximum atomic E-state index is 6.15. The number of nitrogens with two attached hydrogens (primary N) is 1. The molecule has 2 aliphatic carbocycles. The summed E-state index contributed by atoms with van der Waals surface area (Å²) in [6.45, 7) is 16.1. The van der Waals surface area contributed by atoms with Gasteiger partial charge in [-0.1, -0.05) is 51.0 Å². The number of rotatable bonds is 5. The van der Waals surface area contributed by atoms with Gasteiger partial charge in [-0.05, 0) is 68.1 Å². The minimum absolute atomic E-state index is 0.416. The lowest BCUT2D eigenvalue weighted by atomic mass is 9.47. The second kappa shape index (κ2) is 8.14. The molecule has 3 aliphatic rings. The summed E-state index contributed by atoms with van der Waals surface area (Å²) in [7, 11) is 2.05. The molecule has 0 spiro atoms. The van der Waals surface area contributed by atoms with Crippen LogP contribution in [0.3, 0.4) is 0 Å². The third kappa shape index (κ3) is 3.96. The minimum atomic E-state index is 0.416. The molecule has 31 heavy (non-hydrogen) atoms. The monoisotopic (exact) mass is 423 g/mol. The average Bonchev–Trinajstić information content (AvgIpc) is 3.02. The Balaban J connectivity index is 1.42. The molecule has 2 N–H and O–H groups in total. The highest BCUT2D eigenvalue weighted by Crippen LogP contribution is 2.61. The van der Waals surface area contributed by atoms with Crippen LogP contribution in [0, 0.1) is 22.7 Å². The topological polar surface area (TPSA) is 58.3 Å². The standard InChI is InChI=1S/C26H41N5/c1-18(12-15-31-17-30(6)24-22(31)23(27)28-16-29-24)8-10-20-19(2)9-11-21-25(3,4)13-7-14-26(20,21)5/h12,16,20-21H,2,7-11,13-15,17H2,1,3-6H3,(H2,27,28,29)/b18-12+/t20-,21+,26+/m0/s1. The van der Waals surface area contributed by atoms with Crippen LogP contribution in [-0.2, 0) is 0 Å². The van der Waals surface area contributed by atoms with Gasteiger partial charge in [-0.15, -0.1) is 0 Å². The second-order valence-electron chi connectivity index (χ2n) is 11.2. The first-order valence-electron chi connectivity index (χ1n) is 12.0. The Morgan fingerprint density at radius 3 is 2.84 bits per heavy atom. The summed E-state index contributed by atoms with van der Waals surface area (Å²) in [4.78, 5) is 13.0. The summed E-state index contributed by atoms with van der Waals surface area (Å²) in [6.07, 6.45) is 12.9. The Hall–Kier alpha value is -2.04. The summed E-state index contributed by atoms with van der Waals surface area (Å²) in [5, 5.41) is 0. The number of nitrogens with zero attached hydrogens (tertiary/aromatic N) is 4. The second-order valence-corrected chi connectivity index (χ2v) is 11.2. The number of aromatic nitrogens is 2. The number of fused-ring (bicyclic) bond motifs is 2. The molecule has 1 aliphatic heterocycles. The van der Waals surface area contributed by atoms with Crippen LogP contribution in [0.4, 0.5) is 17.3 Å². The summed E-state index contributed by atoms with van der Waals surface area (Å²) in [6, 6.07) is 0. The molecule has 0 radical (unpaired) electrons. The van der Waals surface area contributed by atoms with Gasteiger partial charge in [0.2, 0.25) is 0 Å². The average molecular weight is 424 g/mol.